The van der Waals surface area contributed by atoms with Crippen molar-refractivity contribution in [3.05, 3.63) is 53.8 Å². The summed E-state index contributed by atoms with van der Waals surface area (Å²) in [5, 5.41) is 5.61. The van der Waals surface area contributed by atoms with Crippen molar-refractivity contribution in [2.45, 2.75) is 6.92 Å². The monoisotopic (exact) mass is 288 g/mol. The third-order valence-corrected chi connectivity index (χ3v) is 2.97. The van der Waals surface area contributed by atoms with Crippen LogP contribution in [-0.2, 0) is 0 Å². The minimum absolute atomic E-state index is 0.201. The highest BCUT2D eigenvalue weighted by molar-refractivity contribution is 6.08. The number of anilines is 2. The molecule has 0 atom stereocenters. The van der Waals surface area contributed by atoms with Gasteiger partial charge >= 0.3 is 0 Å². The van der Waals surface area contributed by atoms with E-state index in [0.29, 0.717) is 18.0 Å². The number of carbonyl (C=O) groups is 1. The summed E-state index contributed by atoms with van der Waals surface area (Å²) in [7, 11) is 1.53. The lowest BCUT2D eigenvalue weighted by Crippen LogP contribution is -2.16. The van der Waals surface area contributed by atoms with E-state index in [-0.39, 0.29) is 11.3 Å². The summed E-state index contributed by atoms with van der Waals surface area (Å²) in [5.74, 6) is -0.299. The average molecular weight is 288 g/mol. The second-order valence-corrected chi connectivity index (χ2v) is 4.35. The van der Waals surface area contributed by atoms with Gasteiger partial charge in [0.2, 0.25) is 0 Å². The highest BCUT2D eigenvalue weighted by Gasteiger charge is 2.16. The molecular formula is C16H17FN2O2. The molecule has 0 aliphatic heterocycles. The Morgan fingerprint density at radius 3 is 2.67 bits per heavy atom. The van der Waals surface area contributed by atoms with Crippen molar-refractivity contribution in [3.8, 4) is 5.75 Å². The molecule has 0 saturated carbocycles. The van der Waals surface area contributed by atoms with Gasteiger partial charge < -0.3 is 15.4 Å². The first-order valence-corrected chi connectivity index (χ1v) is 6.64. The third-order valence-electron chi connectivity index (χ3n) is 2.97. The molecule has 0 spiro atoms. The molecule has 0 aliphatic carbocycles. The van der Waals surface area contributed by atoms with Gasteiger partial charge in [-0.15, -0.1) is 0 Å². The summed E-state index contributed by atoms with van der Waals surface area (Å²) in [5.41, 5.74) is 0.992. The maximum atomic E-state index is 13.8. The molecule has 0 unspecified atom stereocenters. The van der Waals surface area contributed by atoms with E-state index >= 15 is 0 Å². The summed E-state index contributed by atoms with van der Waals surface area (Å²) in [6, 6.07) is 11.5. The molecule has 0 aromatic heterocycles. The predicted molar refractivity (Wildman–Crippen MR) is 81.5 cm³/mol. The van der Waals surface area contributed by atoms with Gasteiger partial charge in [-0.25, -0.2) is 4.39 Å². The molecule has 0 radical (unpaired) electrons. The zero-order chi connectivity index (χ0) is 15.2. The number of ether oxygens (including phenoxy) is 1. The highest BCUT2D eigenvalue weighted by Crippen LogP contribution is 2.26. The van der Waals surface area contributed by atoms with Crippen LogP contribution in [0.2, 0.25) is 0 Å². The van der Waals surface area contributed by atoms with Gasteiger partial charge in [0, 0.05) is 6.54 Å². The molecule has 0 aliphatic rings. The molecular weight excluding hydrogens is 271 g/mol. The van der Waals surface area contributed by atoms with E-state index in [1.807, 2.05) is 6.92 Å². The smallest absolute Gasteiger partial charge is 0.257 e. The largest absolute Gasteiger partial charge is 0.495 e. The summed E-state index contributed by atoms with van der Waals surface area (Å²) in [6.07, 6.45) is 0. The number of methoxy groups -OCH3 is 1. The van der Waals surface area contributed by atoms with E-state index in [4.69, 9.17) is 4.74 Å². The molecule has 2 N–H and O–H groups in total. The van der Waals surface area contributed by atoms with Gasteiger partial charge in [0.1, 0.15) is 11.6 Å². The fourth-order valence-corrected chi connectivity index (χ4v) is 2.01. The molecule has 0 heterocycles. The fraction of sp³-hybridized carbons (Fsp3) is 0.188. The Kier molecular flexibility index (Phi) is 4.77. The van der Waals surface area contributed by atoms with Crippen molar-refractivity contribution in [2.75, 3.05) is 24.3 Å². The Labute approximate surface area is 122 Å². The van der Waals surface area contributed by atoms with Crippen LogP contribution < -0.4 is 15.4 Å². The Morgan fingerprint density at radius 1 is 1.19 bits per heavy atom. The molecule has 5 heteroatoms. The molecule has 0 fully saturated rings. The van der Waals surface area contributed by atoms with Crippen LogP contribution in [0.25, 0.3) is 0 Å². The van der Waals surface area contributed by atoms with Crippen molar-refractivity contribution < 1.29 is 13.9 Å². The second-order valence-electron chi connectivity index (χ2n) is 4.35. The van der Waals surface area contributed by atoms with Crippen molar-refractivity contribution in [1.29, 1.82) is 0 Å². The van der Waals surface area contributed by atoms with E-state index < -0.39 is 11.7 Å². The van der Waals surface area contributed by atoms with Crippen LogP contribution in [0.1, 0.15) is 17.3 Å². The number of hydrogen-bond acceptors (Lipinski definition) is 3. The number of para-hydroxylation sites is 3. The number of halogens is 1. The topological polar surface area (TPSA) is 50.4 Å². The normalized spacial score (nSPS) is 10.0. The molecule has 1 amide bonds. The van der Waals surface area contributed by atoms with Gasteiger partial charge in [-0.1, -0.05) is 18.2 Å². The van der Waals surface area contributed by atoms with Gasteiger partial charge in [0.25, 0.3) is 5.91 Å². The minimum Gasteiger partial charge on any atom is -0.495 e. The van der Waals surface area contributed by atoms with Crippen molar-refractivity contribution in [1.82, 2.24) is 0 Å². The highest BCUT2D eigenvalue weighted by atomic mass is 19.1. The van der Waals surface area contributed by atoms with E-state index in [2.05, 4.69) is 10.6 Å². The number of amides is 1. The Morgan fingerprint density at radius 2 is 1.95 bits per heavy atom. The Balaban J connectivity index is 2.30. The molecule has 2 aromatic rings. The maximum absolute atomic E-state index is 13.8. The van der Waals surface area contributed by atoms with Crippen molar-refractivity contribution in [3.63, 3.8) is 0 Å². The number of carbonyl (C=O) groups excluding carboxylic acids is 1. The number of benzene rings is 2. The predicted octanol–water partition coefficient (Wildman–Crippen LogP) is 3.52. The van der Waals surface area contributed by atoms with Gasteiger partial charge in [0.15, 0.2) is 0 Å². The number of nitrogens with one attached hydrogen (secondary N) is 2. The minimum atomic E-state index is -0.454. The number of hydrogen-bond donors (Lipinski definition) is 2. The van der Waals surface area contributed by atoms with Crippen molar-refractivity contribution >= 4 is 17.3 Å². The van der Waals surface area contributed by atoms with E-state index in [1.165, 1.54) is 19.2 Å². The quantitative estimate of drug-likeness (QED) is 0.885. The first kappa shape index (κ1) is 14.8. The first-order valence-electron chi connectivity index (χ1n) is 6.64. The van der Waals surface area contributed by atoms with Crippen molar-refractivity contribution in [2.24, 2.45) is 0 Å². The first-order chi connectivity index (χ1) is 10.2. The van der Waals surface area contributed by atoms with Crippen LogP contribution >= 0.6 is 0 Å². The summed E-state index contributed by atoms with van der Waals surface area (Å²) in [6.45, 7) is 2.37. The van der Waals surface area contributed by atoms with Crippen LogP contribution in [0.5, 0.6) is 5.75 Å². The average Bonchev–Trinajstić information content (AvgIpc) is 2.50. The van der Waals surface area contributed by atoms with Crippen LogP contribution in [-0.4, -0.2) is 19.6 Å². The number of rotatable bonds is 5. The lowest BCUT2D eigenvalue weighted by Gasteiger charge is -2.13. The molecule has 0 saturated heterocycles. The van der Waals surface area contributed by atoms with E-state index in [1.54, 1.807) is 30.3 Å². The summed E-state index contributed by atoms with van der Waals surface area (Å²) >= 11 is 0. The molecule has 2 rings (SSSR count). The maximum Gasteiger partial charge on any atom is 0.257 e. The fourth-order valence-electron chi connectivity index (χ4n) is 2.01. The summed E-state index contributed by atoms with van der Waals surface area (Å²) in [4.78, 5) is 12.4. The standard InChI is InChI=1S/C16H17FN2O2/c1-3-18-15-11(7-6-8-12(15)17)16(20)19-13-9-4-5-10-14(13)21-2/h4-10,18H,3H2,1-2H3,(H,19,20). The van der Waals surface area contributed by atoms with E-state index in [9.17, 15) is 9.18 Å². The van der Waals surface area contributed by atoms with Crippen LogP contribution in [0.3, 0.4) is 0 Å². The van der Waals surface area contributed by atoms with Gasteiger partial charge in [-0.2, -0.15) is 0 Å². The van der Waals surface area contributed by atoms with Gasteiger partial charge in [-0.05, 0) is 31.2 Å². The van der Waals surface area contributed by atoms with Crippen LogP contribution in [0.4, 0.5) is 15.8 Å². The molecule has 110 valence electrons. The Hall–Kier alpha value is -2.56. The lowest BCUT2D eigenvalue weighted by atomic mass is 10.1. The van der Waals surface area contributed by atoms with Crippen LogP contribution in [0.15, 0.2) is 42.5 Å². The zero-order valence-corrected chi connectivity index (χ0v) is 11.9. The lowest BCUT2D eigenvalue weighted by molar-refractivity contribution is 0.102. The molecule has 0 bridgehead atoms. The molecule has 2 aromatic carbocycles. The van der Waals surface area contributed by atoms with Crippen LogP contribution in [0, 0.1) is 5.82 Å². The molecule has 4 nitrogen and oxygen atoms in total. The summed E-state index contributed by atoms with van der Waals surface area (Å²) < 4.78 is 19.0. The van der Waals surface area contributed by atoms with Gasteiger partial charge in [-0.3, -0.25) is 4.79 Å². The third kappa shape index (κ3) is 3.31. The molecule has 21 heavy (non-hydrogen) atoms. The van der Waals surface area contributed by atoms with E-state index in [0.717, 1.165) is 0 Å². The second kappa shape index (κ2) is 6.74. The van der Waals surface area contributed by atoms with Gasteiger partial charge in [0.05, 0.1) is 24.0 Å². The Bertz CT molecular complexity index is 644. The SMILES string of the molecule is CCNc1c(F)cccc1C(=O)Nc1ccccc1OC. The zero-order valence-electron chi connectivity index (χ0n) is 11.9.